The zero-order chi connectivity index (χ0) is 14.3. The van der Waals surface area contributed by atoms with Crippen molar-refractivity contribution in [3.8, 4) is 0 Å². The van der Waals surface area contributed by atoms with Crippen molar-refractivity contribution < 1.29 is 19.5 Å². The summed E-state index contributed by atoms with van der Waals surface area (Å²) in [5, 5.41) is 13.5. The van der Waals surface area contributed by atoms with Crippen LogP contribution in [0.15, 0.2) is 12.7 Å². The van der Waals surface area contributed by atoms with Crippen molar-refractivity contribution in [2.24, 2.45) is 5.41 Å². The molecule has 6 heteroatoms. The summed E-state index contributed by atoms with van der Waals surface area (Å²) < 4.78 is 0. The van der Waals surface area contributed by atoms with E-state index in [9.17, 15) is 14.4 Å². The molecular weight excluding hydrogens is 236 g/mol. The Morgan fingerprint density at radius 1 is 1.39 bits per heavy atom. The van der Waals surface area contributed by atoms with Gasteiger partial charge in [0.2, 0.25) is 5.91 Å². The van der Waals surface area contributed by atoms with Crippen LogP contribution >= 0.6 is 0 Å². The number of carboxylic acids is 1. The third-order valence-corrected chi connectivity index (χ3v) is 2.33. The normalized spacial score (nSPS) is 12.4. The molecule has 3 N–H and O–H groups in total. The average Bonchev–Trinajstić information content (AvgIpc) is 2.15. The van der Waals surface area contributed by atoms with Gasteiger partial charge in [-0.3, -0.25) is 14.9 Å². The number of urea groups is 1. The topological polar surface area (TPSA) is 95.5 Å². The van der Waals surface area contributed by atoms with Crippen molar-refractivity contribution in [2.45, 2.75) is 39.7 Å². The van der Waals surface area contributed by atoms with Gasteiger partial charge in [-0.25, -0.2) is 4.79 Å². The van der Waals surface area contributed by atoms with Crippen LogP contribution in [-0.2, 0) is 9.59 Å². The number of imide groups is 1. The van der Waals surface area contributed by atoms with Crippen molar-refractivity contribution in [3.63, 3.8) is 0 Å². The van der Waals surface area contributed by atoms with Gasteiger partial charge in [0.05, 0.1) is 5.41 Å². The van der Waals surface area contributed by atoms with E-state index in [2.05, 4.69) is 17.2 Å². The fourth-order valence-corrected chi connectivity index (χ4v) is 1.22. The molecule has 0 saturated carbocycles. The van der Waals surface area contributed by atoms with Gasteiger partial charge in [-0.15, -0.1) is 6.58 Å². The number of carbonyl (C=O) groups excluding carboxylic acids is 2. The Kier molecular flexibility index (Phi) is 6.08. The molecule has 6 nitrogen and oxygen atoms in total. The Balaban J connectivity index is 4.21. The monoisotopic (exact) mass is 256 g/mol. The summed E-state index contributed by atoms with van der Waals surface area (Å²) in [6.07, 6.45) is 1.98. The van der Waals surface area contributed by atoms with Crippen molar-refractivity contribution >= 4 is 17.9 Å². The minimum atomic E-state index is -1.20. The zero-order valence-corrected chi connectivity index (χ0v) is 10.9. The highest BCUT2D eigenvalue weighted by Gasteiger charge is 2.30. The minimum Gasteiger partial charge on any atom is -0.481 e. The van der Waals surface area contributed by atoms with E-state index in [0.717, 1.165) is 0 Å². The molecular formula is C12H20N2O4. The molecule has 0 spiro atoms. The van der Waals surface area contributed by atoms with E-state index < -0.39 is 23.3 Å². The molecule has 0 saturated heterocycles. The molecule has 0 rings (SSSR count). The predicted molar refractivity (Wildman–Crippen MR) is 67.0 cm³/mol. The molecule has 0 bridgehead atoms. The first-order chi connectivity index (χ1) is 8.19. The van der Waals surface area contributed by atoms with Crippen LogP contribution in [0.4, 0.5) is 4.79 Å². The van der Waals surface area contributed by atoms with Crippen LogP contribution in [0.2, 0.25) is 0 Å². The highest BCUT2D eigenvalue weighted by molar-refractivity contribution is 5.96. The molecule has 3 amide bonds. The smallest absolute Gasteiger partial charge is 0.321 e. The molecule has 1 atom stereocenters. The van der Waals surface area contributed by atoms with Crippen molar-refractivity contribution in [2.75, 3.05) is 0 Å². The number of carboxylic acid groups (broad SMARTS) is 1. The molecule has 1 unspecified atom stereocenters. The molecule has 0 aliphatic rings. The Morgan fingerprint density at radius 2 is 1.94 bits per heavy atom. The van der Waals surface area contributed by atoms with Crippen LogP contribution in [0.3, 0.4) is 0 Å². The lowest BCUT2D eigenvalue weighted by Gasteiger charge is -2.18. The zero-order valence-electron chi connectivity index (χ0n) is 10.9. The van der Waals surface area contributed by atoms with E-state index in [0.29, 0.717) is 6.42 Å². The molecule has 0 aliphatic carbocycles. The van der Waals surface area contributed by atoms with E-state index in [4.69, 9.17) is 5.11 Å². The maximum absolute atomic E-state index is 11.5. The lowest BCUT2D eigenvalue weighted by atomic mass is 9.89. The minimum absolute atomic E-state index is 0.136. The molecule has 0 aromatic carbocycles. The van der Waals surface area contributed by atoms with Crippen molar-refractivity contribution in [1.82, 2.24) is 10.6 Å². The molecule has 102 valence electrons. The standard InChI is InChI=1S/C12H20N2O4/c1-5-6-8(2)13-11(18)14-9(15)7-12(3,4)10(16)17/h5,8H,1,6-7H2,2-4H3,(H,16,17)(H2,13,14,15,18). The number of rotatable bonds is 6. The van der Waals surface area contributed by atoms with Crippen LogP contribution in [-0.4, -0.2) is 29.1 Å². The van der Waals surface area contributed by atoms with Crippen LogP contribution in [0, 0.1) is 5.41 Å². The van der Waals surface area contributed by atoms with Gasteiger partial charge in [0.25, 0.3) is 0 Å². The van der Waals surface area contributed by atoms with Crippen LogP contribution in [0.1, 0.15) is 33.6 Å². The fourth-order valence-electron chi connectivity index (χ4n) is 1.22. The number of hydrogen-bond donors (Lipinski definition) is 3. The highest BCUT2D eigenvalue weighted by atomic mass is 16.4. The molecule has 0 radical (unpaired) electrons. The SMILES string of the molecule is C=CCC(C)NC(=O)NC(=O)CC(C)(C)C(=O)O. The summed E-state index contributed by atoms with van der Waals surface area (Å²) in [4.78, 5) is 33.6. The maximum atomic E-state index is 11.5. The molecule has 0 heterocycles. The first-order valence-corrected chi connectivity index (χ1v) is 5.63. The second-order valence-corrected chi connectivity index (χ2v) is 4.81. The molecule has 0 fully saturated rings. The largest absolute Gasteiger partial charge is 0.481 e. The fraction of sp³-hybridized carbons (Fsp3) is 0.583. The summed E-state index contributed by atoms with van der Waals surface area (Å²) in [7, 11) is 0. The Bertz CT molecular complexity index is 350. The van der Waals surface area contributed by atoms with E-state index in [1.165, 1.54) is 13.8 Å². The Hall–Kier alpha value is -1.85. The number of hydrogen-bond acceptors (Lipinski definition) is 3. The Morgan fingerprint density at radius 3 is 2.39 bits per heavy atom. The summed E-state index contributed by atoms with van der Waals surface area (Å²) in [6.45, 7) is 8.15. The van der Waals surface area contributed by atoms with E-state index >= 15 is 0 Å². The van der Waals surface area contributed by atoms with Gasteiger partial charge in [0.1, 0.15) is 0 Å². The van der Waals surface area contributed by atoms with Crippen molar-refractivity contribution in [1.29, 1.82) is 0 Å². The van der Waals surface area contributed by atoms with Gasteiger partial charge in [-0.1, -0.05) is 6.08 Å². The lowest BCUT2D eigenvalue weighted by molar-refractivity contribution is -0.149. The third kappa shape index (κ3) is 6.03. The molecule has 18 heavy (non-hydrogen) atoms. The Labute approximate surface area is 106 Å². The molecule has 0 aromatic rings. The summed E-state index contributed by atoms with van der Waals surface area (Å²) >= 11 is 0. The van der Waals surface area contributed by atoms with Gasteiger partial charge in [0.15, 0.2) is 0 Å². The summed E-state index contributed by atoms with van der Waals surface area (Å²) in [6, 6.07) is -0.765. The predicted octanol–water partition coefficient (Wildman–Crippen LogP) is 1.28. The first kappa shape index (κ1) is 16.1. The number of carbonyl (C=O) groups is 3. The van der Waals surface area contributed by atoms with Crippen LogP contribution in [0.5, 0.6) is 0 Å². The van der Waals surface area contributed by atoms with E-state index in [1.807, 2.05) is 0 Å². The van der Waals surface area contributed by atoms with Crippen LogP contribution in [0.25, 0.3) is 0 Å². The van der Waals surface area contributed by atoms with Crippen LogP contribution < -0.4 is 10.6 Å². The van der Waals surface area contributed by atoms with Gasteiger partial charge < -0.3 is 10.4 Å². The lowest BCUT2D eigenvalue weighted by Crippen LogP contribution is -2.45. The van der Waals surface area contributed by atoms with Gasteiger partial charge >= 0.3 is 12.0 Å². The number of aliphatic carboxylic acids is 1. The maximum Gasteiger partial charge on any atom is 0.321 e. The average molecular weight is 256 g/mol. The molecule has 0 aromatic heterocycles. The van der Waals surface area contributed by atoms with Gasteiger partial charge in [-0.2, -0.15) is 0 Å². The first-order valence-electron chi connectivity index (χ1n) is 5.63. The highest BCUT2D eigenvalue weighted by Crippen LogP contribution is 2.19. The quantitative estimate of drug-likeness (QED) is 0.624. The second kappa shape index (κ2) is 6.78. The van der Waals surface area contributed by atoms with Gasteiger partial charge in [0, 0.05) is 12.5 Å². The van der Waals surface area contributed by atoms with Gasteiger partial charge in [-0.05, 0) is 27.2 Å². The number of amides is 3. The van der Waals surface area contributed by atoms with Crippen molar-refractivity contribution in [3.05, 3.63) is 12.7 Å². The number of nitrogens with one attached hydrogen (secondary N) is 2. The summed E-state index contributed by atoms with van der Waals surface area (Å²) in [5.41, 5.74) is -1.20. The van der Waals surface area contributed by atoms with E-state index in [1.54, 1.807) is 13.0 Å². The third-order valence-electron chi connectivity index (χ3n) is 2.33. The molecule has 0 aliphatic heterocycles. The van der Waals surface area contributed by atoms with E-state index in [-0.39, 0.29) is 12.5 Å². The summed E-state index contributed by atoms with van der Waals surface area (Å²) in [5.74, 6) is -1.70. The second-order valence-electron chi connectivity index (χ2n) is 4.81.